The Morgan fingerprint density at radius 1 is 0.900 bits per heavy atom. The lowest BCUT2D eigenvalue weighted by molar-refractivity contribution is 0.0698. The molecule has 1 saturated carbocycles. The Labute approximate surface area is 173 Å². The summed E-state index contributed by atoms with van der Waals surface area (Å²) in [6.45, 7) is 0. The van der Waals surface area contributed by atoms with Crippen LogP contribution in [0.1, 0.15) is 34.7 Å². The summed E-state index contributed by atoms with van der Waals surface area (Å²) in [6.07, 6.45) is 2.23. The number of aromatic nitrogens is 1. The van der Waals surface area contributed by atoms with Crippen LogP contribution in [0.15, 0.2) is 83.7 Å². The molecule has 1 aliphatic carbocycles. The van der Waals surface area contributed by atoms with Crippen molar-refractivity contribution in [2.45, 2.75) is 18.8 Å². The second-order valence-corrected chi connectivity index (χ2v) is 7.59. The summed E-state index contributed by atoms with van der Waals surface area (Å²) in [5.74, 6) is -0.476. The van der Waals surface area contributed by atoms with Gasteiger partial charge < -0.3 is 10.4 Å². The number of fused-ring (bicyclic) bond motifs is 1. The molecule has 5 rings (SSSR count). The maximum absolute atomic E-state index is 12.6. The van der Waals surface area contributed by atoms with Crippen LogP contribution in [0, 0.1) is 0 Å². The molecule has 148 valence electrons. The third-order valence-corrected chi connectivity index (χ3v) is 5.54. The van der Waals surface area contributed by atoms with Crippen molar-refractivity contribution in [3.8, 4) is 5.69 Å². The summed E-state index contributed by atoms with van der Waals surface area (Å²) in [6, 6.07) is 24.0. The lowest BCUT2D eigenvalue weighted by atomic mass is 10.0. The summed E-state index contributed by atoms with van der Waals surface area (Å²) in [5.41, 5.74) is 4.04. The van der Waals surface area contributed by atoms with Crippen molar-refractivity contribution in [2.24, 2.45) is 0 Å². The van der Waals surface area contributed by atoms with Crippen molar-refractivity contribution in [2.75, 3.05) is 5.32 Å². The molecule has 0 atom stereocenters. The van der Waals surface area contributed by atoms with Gasteiger partial charge in [0.05, 0.1) is 16.8 Å². The zero-order chi connectivity index (χ0) is 20.7. The zero-order valence-corrected chi connectivity index (χ0v) is 16.2. The molecule has 30 heavy (non-hydrogen) atoms. The summed E-state index contributed by atoms with van der Waals surface area (Å²) >= 11 is 0. The predicted octanol–water partition coefficient (Wildman–Crippen LogP) is 5.31. The molecule has 2 N–H and O–H groups in total. The van der Waals surface area contributed by atoms with Gasteiger partial charge in [0.25, 0.3) is 5.56 Å². The highest BCUT2D eigenvalue weighted by molar-refractivity contribution is 5.99. The van der Waals surface area contributed by atoms with E-state index in [1.807, 2.05) is 60.7 Å². The first-order valence-electron chi connectivity index (χ1n) is 9.96. The van der Waals surface area contributed by atoms with Gasteiger partial charge in [-0.05, 0) is 66.8 Å². The first-order chi connectivity index (χ1) is 14.6. The van der Waals surface area contributed by atoms with Crippen molar-refractivity contribution >= 4 is 28.2 Å². The Morgan fingerprint density at radius 2 is 1.70 bits per heavy atom. The van der Waals surface area contributed by atoms with Gasteiger partial charge in [-0.1, -0.05) is 30.3 Å². The first kappa shape index (κ1) is 18.2. The smallest absolute Gasteiger partial charge is 0.337 e. The highest BCUT2D eigenvalue weighted by atomic mass is 16.4. The van der Waals surface area contributed by atoms with E-state index in [2.05, 4.69) is 5.32 Å². The SMILES string of the molecule is O=C(O)c1cc(C2CC2)ccc1Nc1cccc2c1ccc(=O)n2-c1ccccc1. The summed E-state index contributed by atoms with van der Waals surface area (Å²) in [4.78, 5) is 24.5. The molecule has 4 aromatic rings. The average molecular weight is 396 g/mol. The molecule has 0 aliphatic heterocycles. The Bertz CT molecular complexity index is 1320. The Balaban J connectivity index is 1.63. The minimum Gasteiger partial charge on any atom is -0.478 e. The predicted molar refractivity (Wildman–Crippen MR) is 118 cm³/mol. The number of anilines is 2. The van der Waals surface area contributed by atoms with Crippen molar-refractivity contribution in [1.29, 1.82) is 0 Å². The fourth-order valence-electron chi connectivity index (χ4n) is 3.89. The van der Waals surface area contributed by atoms with Gasteiger partial charge in [0, 0.05) is 22.8 Å². The summed E-state index contributed by atoms with van der Waals surface area (Å²) in [5, 5.41) is 13.8. The molecule has 1 aliphatic rings. The molecule has 0 amide bonds. The number of rotatable bonds is 5. The molecule has 3 aromatic carbocycles. The van der Waals surface area contributed by atoms with Crippen LogP contribution in [0.2, 0.25) is 0 Å². The zero-order valence-electron chi connectivity index (χ0n) is 16.2. The summed E-state index contributed by atoms with van der Waals surface area (Å²) in [7, 11) is 0. The average Bonchev–Trinajstić information content (AvgIpc) is 3.60. The van der Waals surface area contributed by atoms with Crippen molar-refractivity contribution in [1.82, 2.24) is 4.57 Å². The van der Waals surface area contributed by atoms with E-state index in [-0.39, 0.29) is 11.1 Å². The molecule has 1 aromatic heterocycles. The van der Waals surface area contributed by atoms with Crippen LogP contribution in [-0.4, -0.2) is 15.6 Å². The number of pyridine rings is 1. The van der Waals surface area contributed by atoms with Crippen LogP contribution in [0.3, 0.4) is 0 Å². The van der Waals surface area contributed by atoms with Gasteiger partial charge in [0.1, 0.15) is 0 Å². The van der Waals surface area contributed by atoms with Crippen LogP contribution >= 0.6 is 0 Å². The highest BCUT2D eigenvalue weighted by Crippen LogP contribution is 2.41. The molecule has 5 heteroatoms. The standard InChI is InChI=1S/C25H20N2O3/c28-24-14-12-19-21(7-4-8-23(19)27(24)18-5-2-1-3-6-18)26-22-13-11-17(16-9-10-16)15-20(22)25(29)30/h1-8,11-16,26H,9-10H2,(H,29,30). The Hall–Kier alpha value is -3.86. The molecule has 5 nitrogen and oxygen atoms in total. The summed E-state index contributed by atoms with van der Waals surface area (Å²) < 4.78 is 1.66. The third-order valence-electron chi connectivity index (χ3n) is 5.54. The molecular weight excluding hydrogens is 376 g/mol. The van der Waals surface area contributed by atoms with Gasteiger partial charge in [-0.15, -0.1) is 0 Å². The van der Waals surface area contributed by atoms with Crippen LogP contribution in [-0.2, 0) is 0 Å². The highest BCUT2D eigenvalue weighted by Gasteiger charge is 2.25. The van der Waals surface area contributed by atoms with E-state index in [0.717, 1.165) is 40.7 Å². The molecule has 0 spiro atoms. The number of nitrogens with one attached hydrogen (secondary N) is 1. The fraction of sp³-hybridized carbons (Fsp3) is 0.120. The number of nitrogens with zero attached hydrogens (tertiary/aromatic N) is 1. The van der Waals surface area contributed by atoms with E-state index < -0.39 is 5.97 Å². The van der Waals surface area contributed by atoms with Crippen LogP contribution in [0.5, 0.6) is 0 Å². The number of aromatic carboxylic acids is 1. The maximum atomic E-state index is 12.6. The van der Waals surface area contributed by atoms with Crippen LogP contribution < -0.4 is 10.9 Å². The second-order valence-electron chi connectivity index (χ2n) is 7.59. The number of hydrogen-bond acceptors (Lipinski definition) is 3. The topological polar surface area (TPSA) is 71.3 Å². The molecular formula is C25H20N2O3. The normalized spacial score (nSPS) is 13.3. The molecule has 0 bridgehead atoms. The number of carboxylic acids is 1. The van der Waals surface area contributed by atoms with E-state index >= 15 is 0 Å². The largest absolute Gasteiger partial charge is 0.478 e. The van der Waals surface area contributed by atoms with Gasteiger partial charge in [-0.25, -0.2) is 4.79 Å². The number of hydrogen-bond donors (Lipinski definition) is 2. The van der Waals surface area contributed by atoms with E-state index in [0.29, 0.717) is 11.6 Å². The minimum atomic E-state index is -0.957. The van der Waals surface area contributed by atoms with Gasteiger partial charge in [-0.3, -0.25) is 9.36 Å². The fourth-order valence-corrected chi connectivity index (χ4v) is 3.89. The number of para-hydroxylation sites is 1. The van der Waals surface area contributed by atoms with Crippen LogP contribution in [0.25, 0.3) is 16.6 Å². The first-order valence-corrected chi connectivity index (χ1v) is 9.96. The van der Waals surface area contributed by atoms with E-state index in [1.54, 1.807) is 16.7 Å². The molecule has 0 unspecified atom stereocenters. The third kappa shape index (κ3) is 3.24. The number of benzene rings is 3. The van der Waals surface area contributed by atoms with Gasteiger partial charge in [0.15, 0.2) is 0 Å². The van der Waals surface area contributed by atoms with Gasteiger partial charge >= 0.3 is 5.97 Å². The van der Waals surface area contributed by atoms with Gasteiger partial charge in [0.2, 0.25) is 0 Å². The molecule has 0 saturated heterocycles. The molecule has 1 heterocycles. The molecule has 1 fully saturated rings. The number of carbonyl (C=O) groups is 1. The van der Waals surface area contributed by atoms with E-state index in [4.69, 9.17) is 0 Å². The Morgan fingerprint density at radius 3 is 2.43 bits per heavy atom. The maximum Gasteiger partial charge on any atom is 0.337 e. The van der Waals surface area contributed by atoms with Crippen molar-refractivity contribution in [3.05, 3.63) is 100 Å². The van der Waals surface area contributed by atoms with Crippen molar-refractivity contribution < 1.29 is 9.90 Å². The van der Waals surface area contributed by atoms with E-state index in [9.17, 15) is 14.7 Å². The molecule has 0 radical (unpaired) electrons. The van der Waals surface area contributed by atoms with Crippen molar-refractivity contribution in [3.63, 3.8) is 0 Å². The van der Waals surface area contributed by atoms with Gasteiger partial charge in [-0.2, -0.15) is 0 Å². The van der Waals surface area contributed by atoms with E-state index in [1.165, 1.54) is 6.07 Å². The quantitative estimate of drug-likeness (QED) is 0.480. The second kappa shape index (κ2) is 7.19. The Kier molecular flexibility index (Phi) is 4.36. The monoisotopic (exact) mass is 396 g/mol. The lowest BCUT2D eigenvalue weighted by Crippen LogP contribution is -2.17. The number of carboxylic acid groups (broad SMARTS) is 1. The minimum absolute atomic E-state index is 0.120. The lowest BCUT2D eigenvalue weighted by Gasteiger charge is -2.16. The van der Waals surface area contributed by atoms with Crippen LogP contribution in [0.4, 0.5) is 11.4 Å².